The van der Waals surface area contributed by atoms with Crippen molar-refractivity contribution in [3.8, 4) is 17.0 Å². The van der Waals surface area contributed by atoms with Crippen molar-refractivity contribution in [1.82, 2.24) is 14.7 Å². The first-order valence-electron chi connectivity index (χ1n) is 8.33. The van der Waals surface area contributed by atoms with Crippen molar-refractivity contribution in [2.24, 2.45) is 0 Å². The lowest BCUT2D eigenvalue weighted by Crippen LogP contribution is -2.32. The van der Waals surface area contributed by atoms with Crippen LogP contribution in [0.15, 0.2) is 41.2 Å². The Hall–Kier alpha value is -2.14. The average molecular weight is 313 g/mol. The van der Waals surface area contributed by atoms with Gasteiger partial charge in [-0.15, -0.1) is 0 Å². The topological polar surface area (TPSA) is 58.4 Å². The smallest absolute Gasteiger partial charge is 0.266 e. The highest BCUT2D eigenvalue weighted by Crippen LogP contribution is 2.25. The second-order valence-corrected chi connectivity index (χ2v) is 6.05. The van der Waals surface area contributed by atoms with Crippen LogP contribution in [0, 0.1) is 0 Å². The molecule has 1 aliphatic rings. The first-order chi connectivity index (χ1) is 11.2. The Morgan fingerprint density at radius 2 is 1.78 bits per heavy atom. The van der Waals surface area contributed by atoms with Crippen molar-refractivity contribution in [3.05, 3.63) is 46.8 Å². The molecule has 0 atom stereocenters. The number of rotatable bonds is 5. The normalized spacial score (nSPS) is 15.7. The Morgan fingerprint density at radius 3 is 2.57 bits per heavy atom. The molecule has 0 amide bonds. The summed E-state index contributed by atoms with van der Waals surface area (Å²) in [6, 6.07) is 10.2. The minimum absolute atomic E-state index is 0.0946. The lowest BCUT2D eigenvalue weighted by Gasteiger charge is -2.26. The van der Waals surface area contributed by atoms with Crippen molar-refractivity contribution in [1.29, 1.82) is 0 Å². The van der Waals surface area contributed by atoms with Gasteiger partial charge in [0.1, 0.15) is 5.75 Å². The van der Waals surface area contributed by atoms with E-state index in [1.54, 1.807) is 24.3 Å². The van der Waals surface area contributed by atoms with E-state index in [4.69, 9.17) is 0 Å². The number of phenolic OH excluding ortho intramolecular Hbond substituents is 1. The Kier molecular flexibility index (Phi) is 5.08. The lowest BCUT2D eigenvalue weighted by atomic mass is 10.1. The summed E-state index contributed by atoms with van der Waals surface area (Å²) in [4.78, 5) is 14.5. The van der Waals surface area contributed by atoms with Crippen molar-refractivity contribution < 1.29 is 5.11 Å². The van der Waals surface area contributed by atoms with Gasteiger partial charge < -0.3 is 10.0 Å². The highest BCUT2D eigenvalue weighted by molar-refractivity contribution is 5.65. The largest absolute Gasteiger partial charge is 0.507 e. The molecule has 0 spiro atoms. The van der Waals surface area contributed by atoms with Crippen LogP contribution in [0.2, 0.25) is 0 Å². The summed E-state index contributed by atoms with van der Waals surface area (Å²) in [6.07, 6.45) is 4.80. The molecule has 1 aliphatic heterocycles. The van der Waals surface area contributed by atoms with Crippen LogP contribution in [0.5, 0.6) is 5.75 Å². The van der Waals surface area contributed by atoms with E-state index in [0.717, 1.165) is 13.0 Å². The predicted octanol–water partition coefficient (Wildman–Crippen LogP) is 2.49. The van der Waals surface area contributed by atoms with Gasteiger partial charge in [0, 0.05) is 18.2 Å². The first kappa shape index (κ1) is 15.7. The third kappa shape index (κ3) is 3.99. The molecule has 0 unspecified atom stereocenters. The third-order valence-corrected chi connectivity index (χ3v) is 4.34. The molecule has 2 aromatic rings. The summed E-state index contributed by atoms with van der Waals surface area (Å²) in [7, 11) is 0. The SMILES string of the molecule is O=c1ccc(-c2ccccc2O)nn1CCCN1CCCCC1. The minimum atomic E-state index is -0.0946. The van der Waals surface area contributed by atoms with E-state index in [9.17, 15) is 9.90 Å². The number of likely N-dealkylation sites (tertiary alicyclic amines) is 1. The van der Waals surface area contributed by atoms with E-state index in [-0.39, 0.29) is 11.3 Å². The zero-order valence-corrected chi connectivity index (χ0v) is 13.3. The monoisotopic (exact) mass is 313 g/mol. The van der Waals surface area contributed by atoms with E-state index < -0.39 is 0 Å². The zero-order chi connectivity index (χ0) is 16.1. The molecule has 23 heavy (non-hydrogen) atoms. The highest BCUT2D eigenvalue weighted by Gasteiger charge is 2.10. The molecule has 1 saturated heterocycles. The number of para-hydroxylation sites is 1. The molecule has 122 valence electrons. The number of phenols is 1. The Balaban J connectivity index is 1.68. The van der Waals surface area contributed by atoms with E-state index in [1.807, 2.05) is 6.07 Å². The summed E-state index contributed by atoms with van der Waals surface area (Å²) < 4.78 is 1.51. The quantitative estimate of drug-likeness (QED) is 0.921. The molecule has 1 N–H and O–H groups in total. The second kappa shape index (κ2) is 7.42. The molecule has 0 bridgehead atoms. The Bertz CT molecular complexity index is 705. The first-order valence-corrected chi connectivity index (χ1v) is 8.33. The number of aromatic hydroxyl groups is 1. The summed E-state index contributed by atoms with van der Waals surface area (Å²) in [5, 5.41) is 14.3. The van der Waals surface area contributed by atoms with E-state index in [1.165, 1.54) is 43.1 Å². The van der Waals surface area contributed by atoms with Gasteiger partial charge in [-0.2, -0.15) is 5.10 Å². The molecule has 5 nitrogen and oxygen atoms in total. The molecule has 1 aromatic carbocycles. The number of nitrogens with zero attached hydrogens (tertiary/aromatic N) is 3. The fourth-order valence-corrected chi connectivity index (χ4v) is 3.07. The van der Waals surface area contributed by atoms with Gasteiger partial charge in [0.2, 0.25) is 0 Å². The van der Waals surface area contributed by atoms with E-state index >= 15 is 0 Å². The summed E-state index contributed by atoms with van der Waals surface area (Å²) in [5.74, 6) is 0.179. The number of piperidine rings is 1. The molecular weight excluding hydrogens is 290 g/mol. The molecule has 5 heteroatoms. The number of hydrogen-bond donors (Lipinski definition) is 1. The molecule has 0 saturated carbocycles. The van der Waals surface area contributed by atoms with Crippen molar-refractivity contribution >= 4 is 0 Å². The molecule has 0 aliphatic carbocycles. The summed E-state index contributed by atoms with van der Waals surface area (Å²) in [5.41, 5.74) is 1.18. The molecule has 0 radical (unpaired) electrons. The van der Waals surface area contributed by atoms with Crippen LogP contribution >= 0.6 is 0 Å². The van der Waals surface area contributed by atoms with Crippen LogP contribution in [0.25, 0.3) is 11.3 Å². The average Bonchev–Trinajstić information content (AvgIpc) is 2.58. The maximum absolute atomic E-state index is 12.0. The zero-order valence-electron chi connectivity index (χ0n) is 13.3. The minimum Gasteiger partial charge on any atom is -0.507 e. The van der Waals surface area contributed by atoms with E-state index in [2.05, 4.69) is 10.00 Å². The van der Waals surface area contributed by atoms with Crippen LogP contribution in [-0.2, 0) is 6.54 Å². The highest BCUT2D eigenvalue weighted by atomic mass is 16.3. The van der Waals surface area contributed by atoms with Gasteiger partial charge >= 0.3 is 0 Å². The van der Waals surface area contributed by atoms with Gasteiger partial charge in [0.05, 0.1) is 5.69 Å². The summed E-state index contributed by atoms with van der Waals surface area (Å²) >= 11 is 0. The molecular formula is C18H23N3O2. The van der Waals surface area contributed by atoms with Crippen molar-refractivity contribution in [3.63, 3.8) is 0 Å². The van der Waals surface area contributed by atoms with Crippen molar-refractivity contribution in [2.75, 3.05) is 19.6 Å². The van der Waals surface area contributed by atoms with Crippen LogP contribution in [0.3, 0.4) is 0 Å². The van der Waals surface area contributed by atoms with Crippen LogP contribution in [0.4, 0.5) is 0 Å². The predicted molar refractivity (Wildman–Crippen MR) is 90.5 cm³/mol. The van der Waals surface area contributed by atoms with Gasteiger partial charge in [-0.3, -0.25) is 4.79 Å². The fraction of sp³-hybridized carbons (Fsp3) is 0.444. The third-order valence-electron chi connectivity index (χ3n) is 4.34. The van der Waals surface area contributed by atoms with Crippen molar-refractivity contribution in [2.45, 2.75) is 32.2 Å². The van der Waals surface area contributed by atoms with Gasteiger partial charge in [0.15, 0.2) is 0 Å². The van der Waals surface area contributed by atoms with Crippen LogP contribution < -0.4 is 5.56 Å². The number of benzene rings is 1. The van der Waals surface area contributed by atoms with Crippen LogP contribution in [-0.4, -0.2) is 39.4 Å². The van der Waals surface area contributed by atoms with Gasteiger partial charge in [0.25, 0.3) is 5.56 Å². The number of hydrogen-bond acceptors (Lipinski definition) is 4. The van der Waals surface area contributed by atoms with Crippen LogP contribution in [0.1, 0.15) is 25.7 Å². The van der Waals surface area contributed by atoms with Gasteiger partial charge in [-0.1, -0.05) is 18.6 Å². The Labute approximate surface area is 136 Å². The number of aryl methyl sites for hydroxylation is 1. The van der Waals surface area contributed by atoms with Gasteiger partial charge in [-0.25, -0.2) is 4.68 Å². The maximum atomic E-state index is 12.0. The Morgan fingerprint density at radius 1 is 1.00 bits per heavy atom. The molecule has 2 heterocycles. The molecule has 1 fully saturated rings. The number of aromatic nitrogens is 2. The fourth-order valence-electron chi connectivity index (χ4n) is 3.07. The van der Waals surface area contributed by atoms with Gasteiger partial charge in [-0.05, 0) is 57.1 Å². The lowest BCUT2D eigenvalue weighted by molar-refractivity contribution is 0.221. The standard InChI is InChI=1S/C18H23N3O2/c22-17-8-3-2-7-15(17)16-9-10-18(23)21(19-16)14-6-13-20-11-4-1-5-12-20/h2-3,7-10,22H,1,4-6,11-14H2. The molecule has 3 rings (SSSR count). The molecule has 1 aromatic heterocycles. The maximum Gasteiger partial charge on any atom is 0.266 e. The van der Waals surface area contributed by atoms with E-state index in [0.29, 0.717) is 17.8 Å². The summed E-state index contributed by atoms with van der Waals surface area (Å²) in [6.45, 7) is 3.95. The second-order valence-electron chi connectivity index (χ2n) is 6.05.